The molecule has 1 amide bonds. The minimum absolute atomic E-state index is 0.222. The van der Waals surface area contributed by atoms with Crippen LogP contribution in [0, 0.1) is 0 Å². The lowest BCUT2D eigenvalue weighted by molar-refractivity contribution is -0.132. The molecule has 0 aliphatic rings. The number of hydrogen-bond donors (Lipinski definition) is 2. The SMILES string of the molecule is Cn1c(C(=O)N/C(=C/c2ccc(Oc3ccccc3Br)cc2)C(=O)O)cc2ccccc21. The van der Waals surface area contributed by atoms with E-state index in [9.17, 15) is 14.7 Å². The van der Waals surface area contributed by atoms with Crippen molar-refractivity contribution >= 4 is 44.8 Å². The second kappa shape index (κ2) is 9.11. The van der Waals surface area contributed by atoms with Crippen LogP contribution >= 0.6 is 15.9 Å². The molecule has 0 fully saturated rings. The number of carbonyl (C=O) groups excluding carboxylic acids is 1. The van der Waals surface area contributed by atoms with E-state index in [0.717, 1.165) is 15.4 Å². The summed E-state index contributed by atoms with van der Waals surface area (Å²) in [6, 6.07) is 23.7. The molecule has 0 radical (unpaired) electrons. The highest BCUT2D eigenvalue weighted by Crippen LogP contribution is 2.29. The number of aromatic nitrogens is 1. The molecule has 0 spiro atoms. The molecule has 0 bridgehead atoms. The molecule has 0 unspecified atom stereocenters. The smallest absolute Gasteiger partial charge is 0.352 e. The number of aryl methyl sites for hydroxylation is 1. The first-order chi connectivity index (χ1) is 15.4. The molecule has 0 saturated carbocycles. The van der Waals surface area contributed by atoms with Crippen LogP contribution in [0.2, 0.25) is 0 Å². The number of halogens is 1. The number of amides is 1. The molecule has 2 N–H and O–H groups in total. The largest absolute Gasteiger partial charge is 0.477 e. The van der Waals surface area contributed by atoms with Gasteiger partial charge in [0.25, 0.3) is 5.91 Å². The van der Waals surface area contributed by atoms with E-state index in [0.29, 0.717) is 22.8 Å². The van der Waals surface area contributed by atoms with Gasteiger partial charge in [0.15, 0.2) is 0 Å². The van der Waals surface area contributed by atoms with Gasteiger partial charge in [-0.2, -0.15) is 0 Å². The van der Waals surface area contributed by atoms with Crippen molar-refractivity contribution in [1.29, 1.82) is 0 Å². The summed E-state index contributed by atoms with van der Waals surface area (Å²) < 4.78 is 8.39. The second-order valence-corrected chi connectivity index (χ2v) is 7.92. The van der Waals surface area contributed by atoms with Gasteiger partial charge in [0, 0.05) is 18.0 Å². The van der Waals surface area contributed by atoms with Gasteiger partial charge in [-0.05, 0) is 64.0 Å². The summed E-state index contributed by atoms with van der Waals surface area (Å²) in [5.41, 5.74) is 1.65. The summed E-state index contributed by atoms with van der Waals surface area (Å²) in [7, 11) is 1.77. The molecule has 3 aromatic carbocycles. The normalized spacial score (nSPS) is 11.4. The van der Waals surface area contributed by atoms with Crippen LogP contribution in [0.4, 0.5) is 0 Å². The topological polar surface area (TPSA) is 80.6 Å². The second-order valence-electron chi connectivity index (χ2n) is 7.07. The van der Waals surface area contributed by atoms with Crippen molar-refractivity contribution in [3.8, 4) is 11.5 Å². The fourth-order valence-electron chi connectivity index (χ4n) is 3.30. The third-order valence-corrected chi connectivity index (χ3v) is 5.57. The zero-order chi connectivity index (χ0) is 22.7. The van der Waals surface area contributed by atoms with Crippen molar-refractivity contribution in [2.24, 2.45) is 7.05 Å². The number of aliphatic carboxylic acids is 1. The Bertz CT molecular complexity index is 1340. The molecule has 4 aromatic rings. The van der Waals surface area contributed by atoms with Crippen LogP contribution < -0.4 is 10.1 Å². The Hall–Kier alpha value is -3.84. The van der Waals surface area contributed by atoms with Gasteiger partial charge in [-0.15, -0.1) is 0 Å². The predicted molar refractivity (Wildman–Crippen MR) is 127 cm³/mol. The average Bonchev–Trinajstić information content (AvgIpc) is 3.13. The molecule has 4 rings (SSSR count). The maximum Gasteiger partial charge on any atom is 0.352 e. The minimum Gasteiger partial charge on any atom is -0.477 e. The maximum atomic E-state index is 12.8. The van der Waals surface area contributed by atoms with Crippen molar-refractivity contribution < 1.29 is 19.4 Å². The number of nitrogens with zero attached hydrogens (tertiary/aromatic N) is 1. The van der Waals surface area contributed by atoms with Crippen LogP contribution in [0.5, 0.6) is 11.5 Å². The first-order valence-corrected chi connectivity index (χ1v) is 10.5. The van der Waals surface area contributed by atoms with E-state index >= 15 is 0 Å². The quantitative estimate of drug-likeness (QED) is 0.345. The van der Waals surface area contributed by atoms with Crippen LogP contribution in [0.15, 0.2) is 89.0 Å². The molecule has 1 aromatic heterocycles. The van der Waals surface area contributed by atoms with Crippen molar-refractivity contribution in [2.45, 2.75) is 0 Å². The predicted octanol–water partition coefficient (Wildman–Crippen LogP) is 5.59. The van der Waals surface area contributed by atoms with Crippen LogP contribution in [-0.4, -0.2) is 21.6 Å². The summed E-state index contributed by atoms with van der Waals surface area (Å²) in [6.45, 7) is 0. The van der Waals surface area contributed by atoms with E-state index < -0.39 is 11.9 Å². The number of carboxylic acids is 1. The Morgan fingerprint density at radius 3 is 2.38 bits per heavy atom. The van der Waals surface area contributed by atoms with Gasteiger partial charge in [0.2, 0.25) is 0 Å². The van der Waals surface area contributed by atoms with Gasteiger partial charge >= 0.3 is 5.97 Å². The molecule has 0 aliphatic carbocycles. The Morgan fingerprint density at radius 1 is 1.00 bits per heavy atom. The molecule has 0 atom stereocenters. The van der Waals surface area contributed by atoms with E-state index in [-0.39, 0.29) is 5.70 Å². The van der Waals surface area contributed by atoms with Crippen LogP contribution in [0.25, 0.3) is 17.0 Å². The zero-order valence-electron chi connectivity index (χ0n) is 17.1. The number of rotatable bonds is 6. The monoisotopic (exact) mass is 490 g/mol. The molecule has 7 heteroatoms. The molecule has 32 heavy (non-hydrogen) atoms. The van der Waals surface area contributed by atoms with Crippen LogP contribution in [-0.2, 0) is 11.8 Å². The molecule has 160 valence electrons. The molecule has 0 saturated heterocycles. The highest BCUT2D eigenvalue weighted by Gasteiger charge is 2.17. The average molecular weight is 491 g/mol. The zero-order valence-corrected chi connectivity index (χ0v) is 18.7. The summed E-state index contributed by atoms with van der Waals surface area (Å²) >= 11 is 3.43. The lowest BCUT2D eigenvalue weighted by Gasteiger charge is -2.09. The Balaban J connectivity index is 1.54. The van der Waals surface area contributed by atoms with Crippen molar-refractivity contribution in [3.05, 3.63) is 100 Å². The maximum absolute atomic E-state index is 12.8. The number of nitrogens with one attached hydrogen (secondary N) is 1. The highest BCUT2D eigenvalue weighted by molar-refractivity contribution is 9.10. The van der Waals surface area contributed by atoms with Gasteiger partial charge < -0.3 is 19.7 Å². The van der Waals surface area contributed by atoms with E-state index in [4.69, 9.17) is 4.74 Å². The highest BCUT2D eigenvalue weighted by atomic mass is 79.9. The Kier molecular flexibility index (Phi) is 6.09. The number of para-hydroxylation sites is 2. The number of ether oxygens (including phenoxy) is 1. The van der Waals surface area contributed by atoms with E-state index in [1.54, 1.807) is 41.9 Å². The summed E-state index contributed by atoms with van der Waals surface area (Å²) in [4.78, 5) is 24.5. The first kappa shape index (κ1) is 21.4. The Labute approximate surface area is 192 Å². The first-order valence-electron chi connectivity index (χ1n) is 9.75. The lowest BCUT2D eigenvalue weighted by Crippen LogP contribution is -2.28. The molecular weight excluding hydrogens is 472 g/mol. The fraction of sp³-hybridized carbons (Fsp3) is 0.0400. The minimum atomic E-state index is -1.23. The lowest BCUT2D eigenvalue weighted by atomic mass is 10.2. The Morgan fingerprint density at radius 2 is 1.69 bits per heavy atom. The van der Waals surface area contributed by atoms with Gasteiger partial charge in [-0.25, -0.2) is 4.79 Å². The summed E-state index contributed by atoms with van der Waals surface area (Å²) in [5, 5.41) is 13.0. The standard InChI is InChI=1S/C25H19BrN2O4/c1-28-21-8-4-2-6-17(21)15-22(28)24(29)27-20(25(30)31)14-16-10-12-18(13-11-16)32-23-9-5-3-7-19(23)26/h2-15H,1H3,(H,27,29)(H,30,31)/b20-14+. The molecule has 6 nitrogen and oxygen atoms in total. The van der Waals surface area contributed by atoms with Gasteiger partial charge in [0.1, 0.15) is 22.9 Å². The van der Waals surface area contributed by atoms with Crippen molar-refractivity contribution in [1.82, 2.24) is 9.88 Å². The van der Waals surface area contributed by atoms with Crippen LogP contribution in [0.3, 0.4) is 0 Å². The van der Waals surface area contributed by atoms with Gasteiger partial charge in [-0.1, -0.05) is 42.5 Å². The number of fused-ring (bicyclic) bond motifs is 1. The fourth-order valence-corrected chi connectivity index (χ4v) is 3.66. The number of carbonyl (C=O) groups is 2. The number of carboxylic acid groups (broad SMARTS) is 1. The molecule has 1 heterocycles. The molecular formula is C25H19BrN2O4. The number of benzene rings is 3. The van der Waals surface area contributed by atoms with E-state index in [1.807, 2.05) is 48.5 Å². The number of hydrogen-bond acceptors (Lipinski definition) is 3. The van der Waals surface area contributed by atoms with E-state index in [2.05, 4.69) is 21.2 Å². The van der Waals surface area contributed by atoms with Gasteiger partial charge in [-0.3, -0.25) is 4.79 Å². The third-order valence-electron chi connectivity index (χ3n) is 4.92. The van der Waals surface area contributed by atoms with Crippen molar-refractivity contribution in [2.75, 3.05) is 0 Å². The van der Waals surface area contributed by atoms with Crippen molar-refractivity contribution in [3.63, 3.8) is 0 Å². The van der Waals surface area contributed by atoms with E-state index in [1.165, 1.54) is 6.08 Å². The summed E-state index contributed by atoms with van der Waals surface area (Å²) in [5.74, 6) is -0.452. The van der Waals surface area contributed by atoms with Crippen LogP contribution in [0.1, 0.15) is 16.1 Å². The third kappa shape index (κ3) is 4.58. The van der Waals surface area contributed by atoms with Gasteiger partial charge in [0.05, 0.1) is 4.47 Å². The summed E-state index contributed by atoms with van der Waals surface area (Å²) in [6.07, 6.45) is 1.41. The molecule has 0 aliphatic heterocycles.